The summed E-state index contributed by atoms with van der Waals surface area (Å²) in [6.07, 6.45) is 0. The van der Waals surface area contributed by atoms with Crippen LogP contribution in [0.5, 0.6) is 11.5 Å². The fraction of sp³-hybridized carbons (Fsp3) is 0.458. The molecule has 0 amide bonds. The van der Waals surface area contributed by atoms with Crippen molar-refractivity contribution in [2.45, 2.75) is 26.8 Å². The molecule has 0 aromatic heterocycles. The number of hydrogen-bond acceptors (Lipinski definition) is 5. The van der Waals surface area contributed by atoms with Crippen LogP contribution in [0.2, 0.25) is 0 Å². The summed E-state index contributed by atoms with van der Waals surface area (Å²) < 4.78 is 16.9. The molecule has 7 nitrogen and oxygen atoms in total. The molecule has 2 aromatic rings. The van der Waals surface area contributed by atoms with Gasteiger partial charge in [0.2, 0.25) is 0 Å². The Morgan fingerprint density at radius 3 is 2.44 bits per heavy atom. The summed E-state index contributed by atoms with van der Waals surface area (Å²) in [7, 11) is 0. The van der Waals surface area contributed by atoms with Crippen LogP contribution in [0.4, 0.5) is 5.69 Å². The standard InChI is InChI=1S/C24H34N4O3.HI/c1-4-30-20-10-11-23(31-5-2)21(16-20)27-24(25)26-17-22(28-12-14-29-15-13-28)19-8-6-18(3)7-9-19;/h6-11,16,22H,4-5,12-15,17H2,1-3H3,(H3,25,26,27);1H. The molecule has 1 heterocycles. The molecule has 1 fully saturated rings. The number of nitrogens with one attached hydrogen (secondary N) is 1. The summed E-state index contributed by atoms with van der Waals surface area (Å²) in [5, 5.41) is 3.19. The molecule has 8 heteroatoms. The van der Waals surface area contributed by atoms with Crippen LogP contribution in [0.15, 0.2) is 47.5 Å². The van der Waals surface area contributed by atoms with Gasteiger partial charge in [-0.25, -0.2) is 0 Å². The highest BCUT2D eigenvalue weighted by Crippen LogP contribution is 2.29. The molecule has 2 aromatic carbocycles. The van der Waals surface area contributed by atoms with Gasteiger partial charge in [0.05, 0.1) is 44.7 Å². The zero-order valence-corrected chi connectivity index (χ0v) is 21.5. The summed E-state index contributed by atoms with van der Waals surface area (Å²) in [6.45, 7) is 10.9. The lowest BCUT2D eigenvalue weighted by atomic mass is 10.0. The van der Waals surface area contributed by atoms with Crippen molar-refractivity contribution >= 4 is 35.6 Å². The zero-order chi connectivity index (χ0) is 22.1. The molecule has 0 saturated carbocycles. The van der Waals surface area contributed by atoms with E-state index in [1.54, 1.807) is 0 Å². The molecule has 1 aliphatic heterocycles. The maximum absolute atomic E-state index is 6.27. The van der Waals surface area contributed by atoms with Gasteiger partial charge in [0.25, 0.3) is 0 Å². The van der Waals surface area contributed by atoms with E-state index in [1.165, 1.54) is 11.1 Å². The van der Waals surface area contributed by atoms with Crippen LogP contribution in [0, 0.1) is 6.92 Å². The molecule has 176 valence electrons. The molecular formula is C24H35IN4O3. The van der Waals surface area contributed by atoms with Gasteiger partial charge in [-0.3, -0.25) is 9.89 Å². The monoisotopic (exact) mass is 554 g/mol. The number of guanidine groups is 1. The average Bonchev–Trinajstić information content (AvgIpc) is 2.78. The molecule has 0 radical (unpaired) electrons. The van der Waals surface area contributed by atoms with Crippen molar-refractivity contribution in [3.8, 4) is 11.5 Å². The van der Waals surface area contributed by atoms with E-state index in [0.29, 0.717) is 31.5 Å². The van der Waals surface area contributed by atoms with Crippen LogP contribution in [0.1, 0.15) is 31.0 Å². The molecule has 0 bridgehead atoms. The first-order chi connectivity index (χ1) is 15.1. The largest absolute Gasteiger partial charge is 0.494 e. The third kappa shape index (κ3) is 7.53. The van der Waals surface area contributed by atoms with Gasteiger partial charge in [0.1, 0.15) is 11.5 Å². The van der Waals surface area contributed by atoms with E-state index < -0.39 is 0 Å². The highest BCUT2D eigenvalue weighted by Gasteiger charge is 2.22. The van der Waals surface area contributed by atoms with Gasteiger partial charge in [-0.1, -0.05) is 29.8 Å². The molecule has 0 spiro atoms. The normalized spacial score (nSPS) is 15.5. The van der Waals surface area contributed by atoms with Crippen molar-refractivity contribution in [1.82, 2.24) is 4.90 Å². The van der Waals surface area contributed by atoms with Crippen LogP contribution in [0.3, 0.4) is 0 Å². The second kappa shape index (κ2) is 13.5. The quantitative estimate of drug-likeness (QED) is 0.275. The maximum atomic E-state index is 6.27. The lowest BCUT2D eigenvalue weighted by molar-refractivity contribution is 0.0180. The predicted octanol–water partition coefficient (Wildman–Crippen LogP) is 4.21. The fourth-order valence-electron chi connectivity index (χ4n) is 3.62. The number of rotatable bonds is 9. The number of anilines is 1. The third-order valence-electron chi connectivity index (χ3n) is 5.21. The predicted molar refractivity (Wildman–Crippen MR) is 141 cm³/mol. The third-order valence-corrected chi connectivity index (χ3v) is 5.21. The minimum absolute atomic E-state index is 0. The van der Waals surface area contributed by atoms with E-state index in [1.807, 2.05) is 32.0 Å². The van der Waals surface area contributed by atoms with Crippen LogP contribution < -0.4 is 20.5 Å². The molecule has 32 heavy (non-hydrogen) atoms. The lowest BCUT2D eigenvalue weighted by Crippen LogP contribution is -2.40. The second-order valence-electron chi connectivity index (χ2n) is 7.45. The molecule has 1 atom stereocenters. The van der Waals surface area contributed by atoms with E-state index in [0.717, 1.165) is 37.7 Å². The smallest absolute Gasteiger partial charge is 0.193 e. The van der Waals surface area contributed by atoms with Gasteiger partial charge < -0.3 is 25.3 Å². The van der Waals surface area contributed by atoms with Gasteiger partial charge >= 0.3 is 0 Å². The minimum atomic E-state index is 0. The summed E-state index contributed by atoms with van der Waals surface area (Å²) in [5.41, 5.74) is 9.49. The highest BCUT2D eigenvalue weighted by atomic mass is 127. The van der Waals surface area contributed by atoms with E-state index in [4.69, 9.17) is 19.9 Å². The van der Waals surface area contributed by atoms with Crippen LogP contribution in [0.25, 0.3) is 0 Å². The first-order valence-electron chi connectivity index (χ1n) is 11.0. The summed E-state index contributed by atoms with van der Waals surface area (Å²) >= 11 is 0. The summed E-state index contributed by atoms with van der Waals surface area (Å²) in [4.78, 5) is 7.08. The van der Waals surface area contributed by atoms with E-state index >= 15 is 0 Å². The van der Waals surface area contributed by atoms with Crippen molar-refractivity contribution < 1.29 is 14.2 Å². The number of morpholine rings is 1. The van der Waals surface area contributed by atoms with Crippen molar-refractivity contribution in [3.63, 3.8) is 0 Å². The van der Waals surface area contributed by atoms with Crippen molar-refractivity contribution in [2.24, 2.45) is 10.7 Å². The SMILES string of the molecule is CCOc1ccc(OCC)c(NC(N)=NCC(c2ccc(C)cc2)N2CCOCC2)c1.I. The molecule has 3 N–H and O–H groups in total. The molecular weight excluding hydrogens is 519 g/mol. The summed E-state index contributed by atoms with van der Waals surface area (Å²) in [5.74, 6) is 1.82. The van der Waals surface area contributed by atoms with Gasteiger partial charge in [-0.2, -0.15) is 0 Å². The van der Waals surface area contributed by atoms with E-state index in [9.17, 15) is 0 Å². The number of nitrogens with two attached hydrogens (primary N) is 1. The summed E-state index contributed by atoms with van der Waals surface area (Å²) in [6, 6.07) is 14.4. The Morgan fingerprint density at radius 2 is 1.78 bits per heavy atom. The Morgan fingerprint density at radius 1 is 1.09 bits per heavy atom. The Bertz CT molecular complexity index is 855. The van der Waals surface area contributed by atoms with Gasteiger partial charge in [-0.05, 0) is 38.5 Å². The number of aryl methyl sites for hydroxylation is 1. The fourth-order valence-corrected chi connectivity index (χ4v) is 3.62. The lowest BCUT2D eigenvalue weighted by Gasteiger charge is -2.34. The Balaban J connectivity index is 0.00000363. The van der Waals surface area contributed by atoms with E-state index in [-0.39, 0.29) is 30.0 Å². The molecule has 1 aliphatic rings. The number of nitrogens with zero attached hydrogens (tertiary/aromatic N) is 2. The Labute approximate surface area is 208 Å². The topological polar surface area (TPSA) is 81.3 Å². The Kier molecular flexibility index (Phi) is 11.1. The van der Waals surface area contributed by atoms with Crippen LogP contribution in [-0.4, -0.2) is 56.9 Å². The van der Waals surface area contributed by atoms with Gasteiger partial charge in [0, 0.05) is 19.2 Å². The van der Waals surface area contributed by atoms with Gasteiger partial charge in [-0.15, -0.1) is 24.0 Å². The molecule has 1 unspecified atom stereocenters. The molecule has 1 saturated heterocycles. The highest BCUT2D eigenvalue weighted by molar-refractivity contribution is 14.0. The van der Waals surface area contributed by atoms with Crippen molar-refractivity contribution in [2.75, 3.05) is 51.4 Å². The van der Waals surface area contributed by atoms with Crippen LogP contribution in [-0.2, 0) is 4.74 Å². The number of halogens is 1. The first kappa shape index (κ1) is 26.2. The molecule has 0 aliphatic carbocycles. The number of benzene rings is 2. The number of hydrogen-bond donors (Lipinski definition) is 2. The number of aliphatic imine (C=N–C) groups is 1. The molecule has 3 rings (SSSR count). The first-order valence-corrected chi connectivity index (χ1v) is 11.0. The van der Waals surface area contributed by atoms with Gasteiger partial charge in [0.15, 0.2) is 5.96 Å². The second-order valence-corrected chi connectivity index (χ2v) is 7.45. The zero-order valence-electron chi connectivity index (χ0n) is 19.2. The minimum Gasteiger partial charge on any atom is -0.494 e. The number of ether oxygens (including phenoxy) is 3. The van der Waals surface area contributed by atoms with Crippen molar-refractivity contribution in [1.29, 1.82) is 0 Å². The van der Waals surface area contributed by atoms with E-state index in [2.05, 4.69) is 46.4 Å². The van der Waals surface area contributed by atoms with Crippen LogP contribution >= 0.6 is 24.0 Å². The maximum Gasteiger partial charge on any atom is 0.193 e. The Hall–Kier alpha value is -2.04. The average molecular weight is 554 g/mol. The van der Waals surface area contributed by atoms with Crippen molar-refractivity contribution in [3.05, 3.63) is 53.6 Å².